The molecule has 2 aromatic rings. The minimum Gasteiger partial charge on any atom is -0.497 e. The molecule has 0 radical (unpaired) electrons. The van der Waals surface area contributed by atoms with Gasteiger partial charge >= 0.3 is 0 Å². The van der Waals surface area contributed by atoms with Gasteiger partial charge < -0.3 is 19.3 Å². The van der Waals surface area contributed by atoms with Crippen LogP contribution in [0.5, 0.6) is 11.5 Å². The number of amides is 2. The van der Waals surface area contributed by atoms with E-state index in [1.165, 1.54) is 0 Å². The van der Waals surface area contributed by atoms with Gasteiger partial charge in [0, 0.05) is 36.5 Å². The fraction of sp³-hybridized carbons (Fsp3) is 0.462. The first kappa shape index (κ1) is 23.5. The molecule has 2 heterocycles. The van der Waals surface area contributed by atoms with Crippen molar-refractivity contribution in [3.05, 3.63) is 59.7 Å². The van der Waals surface area contributed by atoms with Crippen LogP contribution in [0, 0.1) is 0 Å². The molecule has 0 unspecified atom stereocenters. The molecule has 33 heavy (non-hydrogen) atoms. The Morgan fingerprint density at radius 1 is 0.970 bits per heavy atom. The number of rotatable bonds is 7. The summed E-state index contributed by atoms with van der Waals surface area (Å²) in [4.78, 5) is 30.1. The summed E-state index contributed by atoms with van der Waals surface area (Å²) >= 11 is 1.85. The predicted octanol–water partition coefficient (Wildman–Crippen LogP) is 4.70. The van der Waals surface area contributed by atoms with E-state index >= 15 is 0 Å². The number of ether oxygens (including phenoxy) is 2. The highest BCUT2D eigenvalue weighted by atomic mass is 32.2. The molecule has 1 spiro atoms. The Kier molecular flexibility index (Phi) is 7.48. The van der Waals surface area contributed by atoms with Crippen LogP contribution in [0.25, 0.3) is 0 Å². The van der Waals surface area contributed by atoms with Crippen molar-refractivity contribution in [2.75, 3.05) is 39.1 Å². The van der Waals surface area contributed by atoms with Gasteiger partial charge in [-0.3, -0.25) is 9.59 Å². The quantitative estimate of drug-likeness (QED) is 0.552. The van der Waals surface area contributed by atoms with Gasteiger partial charge in [-0.05, 0) is 61.7 Å². The molecular weight excluding hydrogens is 436 g/mol. The fourth-order valence-corrected chi connectivity index (χ4v) is 5.95. The molecular formula is C26H32N2O4S. The van der Waals surface area contributed by atoms with Crippen LogP contribution in [-0.4, -0.2) is 65.6 Å². The Morgan fingerprint density at radius 2 is 1.73 bits per heavy atom. The van der Waals surface area contributed by atoms with Crippen LogP contribution in [0.4, 0.5) is 0 Å². The maximum absolute atomic E-state index is 13.3. The van der Waals surface area contributed by atoms with Crippen molar-refractivity contribution in [2.45, 2.75) is 37.5 Å². The molecule has 2 saturated heterocycles. The number of nitrogens with zero attached hydrogens (tertiary/aromatic N) is 2. The molecule has 0 aliphatic carbocycles. The SMILES string of the molecule is CCCCOc1ccc(C(=O)N2CCC3(CC2)SCCN3C(=O)c2cccc(OC)c2)cc1. The Balaban J connectivity index is 1.38. The summed E-state index contributed by atoms with van der Waals surface area (Å²) in [6.07, 6.45) is 3.66. The lowest BCUT2D eigenvalue weighted by atomic mass is 10.00. The second-order valence-electron chi connectivity index (χ2n) is 8.50. The van der Waals surface area contributed by atoms with E-state index in [4.69, 9.17) is 9.47 Å². The monoisotopic (exact) mass is 468 g/mol. The van der Waals surface area contributed by atoms with E-state index in [1.54, 1.807) is 13.2 Å². The Morgan fingerprint density at radius 3 is 2.42 bits per heavy atom. The van der Waals surface area contributed by atoms with Crippen LogP contribution in [0.1, 0.15) is 53.3 Å². The van der Waals surface area contributed by atoms with E-state index in [-0.39, 0.29) is 16.7 Å². The molecule has 2 aromatic carbocycles. The number of methoxy groups -OCH3 is 1. The number of benzene rings is 2. The molecule has 6 nitrogen and oxygen atoms in total. The van der Waals surface area contributed by atoms with Crippen LogP contribution in [0.2, 0.25) is 0 Å². The summed E-state index contributed by atoms with van der Waals surface area (Å²) in [6.45, 7) is 4.84. The Bertz CT molecular complexity index is 971. The van der Waals surface area contributed by atoms with E-state index < -0.39 is 0 Å². The van der Waals surface area contributed by atoms with Crippen molar-refractivity contribution in [1.29, 1.82) is 0 Å². The van der Waals surface area contributed by atoms with Crippen LogP contribution in [0.15, 0.2) is 48.5 Å². The zero-order valence-corrected chi connectivity index (χ0v) is 20.2. The minimum atomic E-state index is -0.242. The first-order valence-corrected chi connectivity index (χ1v) is 12.7. The smallest absolute Gasteiger partial charge is 0.255 e. The van der Waals surface area contributed by atoms with Crippen LogP contribution >= 0.6 is 11.8 Å². The molecule has 0 N–H and O–H groups in total. The standard InChI is InChI=1S/C26H32N2O4S/c1-3-4-17-32-22-10-8-20(9-11-22)24(29)27-14-12-26(13-15-27)28(16-18-33-26)25(30)21-6-5-7-23(19-21)31-2/h5-11,19H,3-4,12-18H2,1-2H3. The largest absolute Gasteiger partial charge is 0.497 e. The van der Waals surface area contributed by atoms with Gasteiger partial charge in [-0.1, -0.05) is 19.4 Å². The molecule has 2 aliphatic rings. The summed E-state index contributed by atoms with van der Waals surface area (Å²) in [5.74, 6) is 2.48. The highest BCUT2D eigenvalue weighted by Gasteiger charge is 2.47. The number of thioether (sulfide) groups is 1. The molecule has 2 aliphatic heterocycles. The predicted molar refractivity (Wildman–Crippen MR) is 131 cm³/mol. The number of carbonyl (C=O) groups excluding carboxylic acids is 2. The van der Waals surface area contributed by atoms with Crippen LogP contribution < -0.4 is 9.47 Å². The van der Waals surface area contributed by atoms with Crippen molar-refractivity contribution in [3.63, 3.8) is 0 Å². The molecule has 0 aromatic heterocycles. The summed E-state index contributed by atoms with van der Waals surface area (Å²) in [7, 11) is 1.61. The minimum absolute atomic E-state index is 0.0392. The summed E-state index contributed by atoms with van der Waals surface area (Å²) in [6, 6.07) is 14.8. The first-order chi connectivity index (χ1) is 16.1. The maximum Gasteiger partial charge on any atom is 0.255 e. The van der Waals surface area contributed by atoms with Crippen LogP contribution in [-0.2, 0) is 0 Å². The highest BCUT2D eigenvalue weighted by Crippen LogP contribution is 2.44. The lowest BCUT2D eigenvalue weighted by Crippen LogP contribution is -2.53. The van der Waals surface area contributed by atoms with Gasteiger partial charge in [0.2, 0.25) is 0 Å². The third kappa shape index (κ3) is 5.13. The maximum atomic E-state index is 13.3. The number of carbonyl (C=O) groups is 2. The van der Waals surface area contributed by atoms with E-state index in [0.29, 0.717) is 36.6 Å². The van der Waals surface area contributed by atoms with Crippen LogP contribution in [0.3, 0.4) is 0 Å². The molecule has 7 heteroatoms. The number of hydrogen-bond acceptors (Lipinski definition) is 5. The molecule has 2 fully saturated rings. The Labute approximate surface area is 200 Å². The van der Waals surface area contributed by atoms with Crippen molar-refractivity contribution in [1.82, 2.24) is 9.80 Å². The number of piperidine rings is 1. The lowest BCUT2D eigenvalue weighted by Gasteiger charge is -2.44. The van der Waals surface area contributed by atoms with Crippen molar-refractivity contribution in [3.8, 4) is 11.5 Å². The zero-order chi connectivity index (χ0) is 23.3. The average Bonchev–Trinajstić information content (AvgIpc) is 3.27. The van der Waals surface area contributed by atoms with Gasteiger partial charge in [-0.2, -0.15) is 0 Å². The van der Waals surface area contributed by atoms with Gasteiger partial charge in [-0.25, -0.2) is 0 Å². The molecule has 4 rings (SSSR count). The number of unbranched alkanes of at least 4 members (excludes halogenated alkanes) is 1. The van der Waals surface area contributed by atoms with E-state index in [2.05, 4.69) is 6.92 Å². The fourth-order valence-electron chi connectivity index (χ4n) is 4.49. The number of hydrogen-bond donors (Lipinski definition) is 0. The summed E-state index contributed by atoms with van der Waals surface area (Å²) in [5, 5.41) is 0. The molecule has 0 bridgehead atoms. The lowest BCUT2D eigenvalue weighted by molar-refractivity contribution is 0.0497. The molecule has 176 valence electrons. The van der Waals surface area contributed by atoms with E-state index in [1.807, 2.05) is 64.0 Å². The Hall–Kier alpha value is -2.67. The van der Waals surface area contributed by atoms with Gasteiger partial charge in [-0.15, -0.1) is 11.8 Å². The first-order valence-electron chi connectivity index (χ1n) is 11.7. The molecule has 0 atom stereocenters. The highest BCUT2D eigenvalue weighted by molar-refractivity contribution is 8.00. The van der Waals surface area contributed by atoms with Gasteiger partial charge in [0.25, 0.3) is 11.8 Å². The van der Waals surface area contributed by atoms with Gasteiger partial charge in [0.15, 0.2) is 0 Å². The van der Waals surface area contributed by atoms with Gasteiger partial charge in [0.1, 0.15) is 11.5 Å². The second kappa shape index (κ2) is 10.5. The summed E-state index contributed by atoms with van der Waals surface area (Å²) < 4.78 is 11.0. The van der Waals surface area contributed by atoms with Crippen molar-refractivity contribution >= 4 is 23.6 Å². The number of likely N-dealkylation sites (tertiary alicyclic amines) is 1. The normalized spacial score (nSPS) is 17.3. The van der Waals surface area contributed by atoms with E-state index in [9.17, 15) is 9.59 Å². The average molecular weight is 469 g/mol. The second-order valence-corrected chi connectivity index (χ2v) is 9.96. The molecule has 2 amide bonds. The van der Waals surface area contributed by atoms with Gasteiger partial charge in [0.05, 0.1) is 18.6 Å². The zero-order valence-electron chi connectivity index (χ0n) is 19.4. The third-order valence-electron chi connectivity index (χ3n) is 6.44. The van der Waals surface area contributed by atoms with Crippen molar-refractivity contribution in [2.24, 2.45) is 0 Å². The third-order valence-corrected chi connectivity index (χ3v) is 7.99. The van der Waals surface area contributed by atoms with E-state index in [0.717, 1.165) is 43.7 Å². The van der Waals surface area contributed by atoms with Crippen molar-refractivity contribution < 1.29 is 19.1 Å². The topological polar surface area (TPSA) is 59.1 Å². The summed E-state index contributed by atoms with van der Waals surface area (Å²) in [5.41, 5.74) is 1.33. The molecule has 0 saturated carbocycles.